The molecule has 26 heavy (non-hydrogen) atoms. The highest BCUT2D eigenvalue weighted by Gasteiger charge is 2.28. The molecule has 3 N–H and O–H groups in total. The molecule has 1 aromatic carbocycles. The molecule has 0 radical (unpaired) electrons. The van der Waals surface area contributed by atoms with Gasteiger partial charge in [-0.15, -0.1) is 11.3 Å². The average molecular weight is 391 g/mol. The average Bonchev–Trinajstić information content (AvgIpc) is 2.94. The molecule has 0 fully saturated rings. The van der Waals surface area contributed by atoms with E-state index in [-0.39, 0.29) is 12.3 Å². The number of nitrogens with one attached hydrogen (secondary N) is 1. The summed E-state index contributed by atoms with van der Waals surface area (Å²) in [5.74, 6) is 0.0428. The van der Waals surface area contributed by atoms with Gasteiger partial charge in [0.2, 0.25) is 5.91 Å². The maximum absolute atomic E-state index is 12.4. The summed E-state index contributed by atoms with van der Waals surface area (Å²) >= 11 is 7.38. The second-order valence-electron chi connectivity index (χ2n) is 6.82. The van der Waals surface area contributed by atoms with Gasteiger partial charge in [-0.25, -0.2) is 0 Å². The number of rotatable bonds is 6. The molecule has 1 aromatic heterocycles. The zero-order chi connectivity index (χ0) is 18.7. The Hall–Kier alpha value is -1.85. The van der Waals surface area contributed by atoms with Crippen LogP contribution in [0, 0.1) is 5.92 Å². The molecule has 1 atom stereocenters. The molecule has 0 unspecified atom stereocenters. The number of anilines is 1. The lowest BCUT2D eigenvalue weighted by molar-refractivity contribution is -0.115. The number of benzene rings is 1. The van der Waals surface area contributed by atoms with Crippen LogP contribution in [0.4, 0.5) is 5.00 Å². The van der Waals surface area contributed by atoms with Crippen LogP contribution in [0.2, 0.25) is 5.02 Å². The van der Waals surface area contributed by atoms with Gasteiger partial charge in [0.25, 0.3) is 5.91 Å². The minimum Gasteiger partial charge on any atom is -0.365 e. The lowest BCUT2D eigenvalue weighted by Gasteiger charge is -2.21. The Bertz CT molecular complexity index is 814. The first-order valence-electron chi connectivity index (χ1n) is 8.96. The van der Waals surface area contributed by atoms with Gasteiger partial charge in [0, 0.05) is 9.90 Å². The van der Waals surface area contributed by atoms with Crippen molar-refractivity contribution in [3.63, 3.8) is 0 Å². The van der Waals surface area contributed by atoms with Crippen molar-refractivity contribution in [2.45, 2.75) is 45.4 Å². The van der Waals surface area contributed by atoms with Gasteiger partial charge < -0.3 is 11.1 Å². The molecule has 2 amide bonds. The third-order valence-electron chi connectivity index (χ3n) is 4.84. The summed E-state index contributed by atoms with van der Waals surface area (Å²) in [5, 5.41) is 4.14. The molecule has 0 bridgehead atoms. The van der Waals surface area contributed by atoms with Crippen LogP contribution in [0.3, 0.4) is 0 Å². The highest BCUT2D eigenvalue weighted by molar-refractivity contribution is 7.17. The molecule has 1 aliphatic rings. The van der Waals surface area contributed by atoms with Crippen molar-refractivity contribution in [2.24, 2.45) is 11.7 Å². The molecule has 6 heteroatoms. The maximum atomic E-state index is 12.4. The predicted molar refractivity (Wildman–Crippen MR) is 107 cm³/mol. The second kappa shape index (κ2) is 8.23. The van der Waals surface area contributed by atoms with E-state index in [1.54, 1.807) is 12.1 Å². The van der Waals surface area contributed by atoms with E-state index in [9.17, 15) is 9.59 Å². The maximum Gasteiger partial charge on any atom is 0.251 e. The first-order chi connectivity index (χ1) is 12.5. The molecule has 4 nitrogen and oxygen atoms in total. The highest BCUT2D eigenvalue weighted by Crippen LogP contribution is 2.40. The quantitative estimate of drug-likeness (QED) is 0.757. The molecule has 1 heterocycles. The fourth-order valence-corrected chi connectivity index (χ4v) is 5.13. The monoisotopic (exact) mass is 390 g/mol. The van der Waals surface area contributed by atoms with Gasteiger partial charge in [-0.1, -0.05) is 43.5 Å². The Morgan fingerprint density at radius 1 is 1.31 bits per heavy atom. The summed E-state index contributed by atoms with van der Waals surface area (Å²) in [6, 6.07) is 7.17. The summed E-state index contributed by atoms with van der Waals surface area (Å²) < 4.78 is 0. The van der Waals surface area contributed by atoms with Crippen molar-refractivity contribution < 1.29 is 9.59 Å². The minimum absolute atomic E-state index is 0.154. The lowest BCUT2D eigenvalue weighted by Crippen LogP contribution is -2.20. The lowest BCUT2D eigenvalue weighted by atomic mass is 9.84. The standard InChI is InChI=1S/C20H23ClN2O2S/c1-2-3-12-6-9-15-16(10-12)26-20(18(15)19(22)25)23-17(24)11-13-4-7-14(21)8-5-13/h4-5,7-8,12H,2-3,6,9-11H2,1H3,(H2,22,25)(H,23,24)/t12-/m0/s1. The Morgan fingerprint density at radius 2 is 2.04 bits per heavy atom. The normalized spacial score (nSPS) is 16.2. The van der Waals surface area contributed by atoms with Crippen LogP contribution < -0.4 is 11.1 Å². The summed E-state index contributed by atoms with van der Waals surface area (Å²) in [6.45, 7) is 2.20. The third kappa shape index (κ3) is 4.27. The number of amides is 2. The minimum atomic E-state index is -0.460. The number of nitrogens with two attached hydrogens (primary N) is 1. The fourth-order valence-electron chi connectivity index (χ4n) is 3.62. The number of hydrogen-bond acceptors (Lipinski definition) is 3. The number of hydrogen-bond donors (Lipinski definition) is 2. The van der Waals surface area contributed by atoms with Gasteiger partial charge in [-0.05, 0) is 48.4 Å². The van der Waals surface area contributed by atoms with E-state index in [4.69, 9.17) is 17.3 Å². The first-order valence-corrected chi connectivity index (χ1v) is 10.2. The van der Waals surface area contributed by atoms with E-state index in [0.717, 1.165) is 30.4 Å². The van der Waals surface area contributed by atoms with Crippen molar-refractivity contribution in [3.05, 3.63) is 50.9 Å². The van der Waals surface area contributed by atoms with Crippen LogP contribution in [-0.2, 0) is 24.1 Å². The molecular weight excluding hydrogens is 368 g/mol. The smallest absolute Gasteiger partial charge is 0.251 e. The van der Waals surface area contributed by atoms with E-state index in [1.165, 1.54) is 29.1 Å². The van der Waals surface area contributed by atoms with Crippen LogP contribution >= 0.6 is 22.9 Å². The van der Waals surface area contributed by atoms with Crippen LogP contribution in [-0.4, -0.2) is 11.8 Å². The van der Waals surface area contributed by atoms with Crippen LogP contribution in [0.5, 0.6) is 0 Å². The summed E-state index contributed by atoms with van der Waals surface area (Å²) in [5.41, 5.74) is 8.04. The number of thiophene rings is 1. The van der Waals surface area contributed by atoms with E-state index < -0.39 is 5.91 Å². The van der Waals surface area contributed by atoms with Crippen LogP contribution in [0.1, 0.15) is 52.5 Å². The molecular formula is C20H23ClN2O2S. The Morgan fingerprint density at radius 3 is 2.69 bits per heavy atom. The number of carbonyl (C=O) groups is 2. The zero-order valence-corrected chi connectivity index (χ0v) is 16.4. The molecule has 1 aliphatic carbocycles. The molecule has 0 aliphatic heterocycles. The van der Waals surface area contributed by atoms with E-state index in [1.807, 2.05) is 12.1 Å². The topological polar surface area (TPSA) is 72.2 Å². The number of halogens is 1. The van der Waals surface area contributed by atoms with Gasteiger partial charge >= 0.3 is 0 Å². The summed E-state index contributed by atoms with van der Waals surface area (Å²) in [7, 11) is 0. The SMILES string of the molecule is CCC[C@H]1CCc2c(sc(NC(=O)Cc3ccc(Cl)cc3)c2C(N)=O)C1. The summed E-state index contributed by atoms with van der Waals surface area (Å²) in [6.07, 6.45) is 5.51. The molecule has 2 aromatic rings. The van der Waals surface area contributed by atoms with Gasteiger partial charge in [0.05, 0.1) is 12.0 Å². The van der Waals surface area contributed by atoms with Crippen LogP contribution in [0.25, 0.3) is 0 Å². The van der Waals surface area contributed by atoms with Crippen molar-refractivity contribution in [1.29, 1.82) is 0 Å². The summed E-state index contributed by atoms with van der Waals surface area (Å²) in [4.78, 5) is 25.6. The fraction of sp³-hybridized carbons (Fsp3) is 0.400. The van der Waals surface area contributed by atoms with E-state index in [0.29, 0.717) is 21.5 Å². The second-order valence-corrected chi connectivity index (χ2v) is 8.36. The number of fused-ring (bicyclic) bond motifs is 1. The van der Waals surface area contributed by atoms with Crippen molar-refractivity contribution in [2.75, 3.05) is 5.32 Å². The molecule has 0 spiro atoms. The molecule has 138 valence electrons. The zero-order valence-electron chi connectivity index (χ0n) is 14.8. The number of carbonyl (C=O) groups excluding carboxylic acids is 2. The molecule has 0 saturated heterocycles. The Kier molecular flexibility index (Phi) is 5.99. The van der Waals surface area contributed by atoms with Crippen molar-refractivity contribution in [3.8, 4) is 0 Å². The molecule has 3 rings (SSSR count). The largest absolute Gasteiger partial charge is 0.365 e. The third-order valence-corrected chi connectivity index (χ3v) is 6.26. The Labute approximate surface area is 162 Å². The van der Waals surface area contributed by atoms with E-state index in [2.05, 4.69) is 12.2 Å². The van der Waals surface area contributed by atoms with Crippen molar-refractivity contribution >= 4 is 39.8 Å². The van der Waals surface area contributed by atoms with Gasteiger partial charge in [-0.3, -0.25) is 9.59 Å². The molecule has 0 saturated carbocycles. The number of primary amides is 1. The van der Waals surface area contributed by atoms with Crippen LogP contribution in [0.15, 0.2) is 24.3 Å². The van der Waals surface area contributed by atoms with Gasteiger partial charge in [0.15, 0.2) is 0 Å². The van der Waals surface area contributed by atoms with Gasteiger partial charge in [0.1, 0.15) is 5.00 Å². The first kappa shape index (κ1) is 18.9. The van der Waals surface area contributed by atoms with E-state index >= 15 is 0 Å². The van der Waals surface area contributed by atoms with Crippen molar-refractivity contribution in [1.82, 2.24) is 0 Å². The van der Waals surface area contributed by atoms with Gasteiger partial charge in [-0.2, -0.15) is 0 Å². The predicted octanol–water partition coefficient (Wildman–Crippen LogP) is 4.59. The highest BCUT2D eigenvalue weighted by atomic mass is 35.5. The Balaban J connectivity index is 1.78.